The van der Waals surface area contributed by atoms with Crippen LogP contribution in [0.3, 0.4) is 0 Å². The second kappa shape index (κ2) is 8.42. The fourth-order valence-electron chi connectivity index (χ4n) is 1.19. The Kier molecular flexibility index (Phi) is 6.37. The van der Waals surface area contributed by atoms with Crippen LogP contribution in [-0.4, -0.2) is 19.1 Å². The van der Waals surface area contributed by atoms with E-state index < -0.39 is 5.91 Å². The lowest BCUT2D eigenvalue weighted by atomic mass is 10.2. The Labute approximate surface area is 110 Å². The predicted octanol–water partition coefficient (Wildman–Crippen LogP) is 1.11. The van der Waals surface area contributed by atoms with Crippen LogP contribution in [0.5, 0.6) is 5.75 Å². The number of hydrogen-bond acceptors (Lipinski definition) is 4. The van der Waals surface area contributed by atoms with Gasteiger partial charge in [-0.3, -0.25) is 10.2 Å². The molecule has 0 heterocycles. The van der Waals surface area contributed by atoms with E-state index in [4.69, 9.17) is 16.1 Å². The number of benzene rings is 1. The summed E-state index contributed by atoms with van der Waals surface area (Å²) < 4.78 is 5.29. The molecule has 0 aliphatic heterocycles. The van der Waals surface area contributed by atoms with Crippen molar-refractivity contribution in [3.05, 3.63) is 40.3 Å². The Morgan fingerprint density at radius 1 is 1.53 bits per heavy atom. The lowest BCUT2D eigenvalue weighted by Gasteiger charge is -2.06. The summed E-state index contributed by atoms with van der Waals surface area (Å²) >= 11 is 0. The van der Waals surface area contributed by atoms with Gasteiger partial charge in [-0.15, -0.1) is 0 Å². The second-order valence-electron chi connectivity index (χ2n) is 3.36. The first-order valence-electron chi connectivity index (χ1n) is 5.49. The first-order valence-corrected chi connectivity index (χ1v) is 5.49. The molecule has 0 saturated carbocycles. The number of azide groups is 1. The average Bonchev–Trinajstić information content (AvgIpc) is 2.45. The number of para-hydroxylation sites is 1. The molecule has 0 atom stereocenters. The van der Waals surface area contributed by atoms with Crippen LogP contribution < -0.4 is 16.0 Å². The monoisotopic (exact) mass is 259 g/mol. The SMILES string of the molecule is [N-]=[N+]=NCCC#Cc1ccccc1OCC(=O)NN. The van der Waals surface area contributed by atoms with Crippen LogP contribution in [0.1, 0.15) is 12.0 Å². The van der Waals surface area contributed by atoms with Crippen LogP contribution in [0, 0.1) is 11.8 Å². The zero-order chi connectivity index (χ0) is 13.9. The molecule has 7 heteroatoms. The number of ether oxygens (including phenoxy) is 1. The summed E-state index contributed by atoms with van der Waals surface area (Å²) in [7, 11) is 0. The molecule has 0 spiro atoms. The van der Waals surface area contributed by atoms with Gasteiger partial charge in [-0.05, 0) is 17.7 Å². The molecule has 0 aromatic heterocycles. The zero-order valence-electron chi connectivity index (χ0n) is 10.2. The molecular weight excluding hydrogens is 246 g/mol. The van der Waals surface area contributed by atoms with Gasteiger partial charge >= 0.3 is 0 Å². The van der Waals surface area contributed by atoms with Crippen molar-refractivity contribution in [3.63, 3.8) is 0 Å². The normalized spacial score (nSPS) is 8.68. The molecule has 0 fully saturated rings. The van der Waals surface area contributed by atoms with Crippen LogP contribution in [0.4, 0.5) is 0 Å². The fourth-order valence-corrected chi connectivity index (χ4v) is 1.19. The second-order valence-corrected chi connectivity index (χ2v) is 3.36. The summed E-state index contributed by atoms with van der Waals surface area (Å²) in [6.07, 6.45) is 0.460. The van der Waals surface area contributed by atoms with E-state index in [-0.39, 0.29) is 6.61 Å². The molecule has 0 radical (unpaired) electrons. The van der Waals surface area contributed by atoms with Gasteiger partial charge in [-0.25, -0.2) is 5.84 Å². The van der Waals surface area contributed by atoms with E-state index in [9.17, 15) is 4.79 Å². The number of amides is 1. The summed E-state index contributed by atoms with van der Waals surface area (Å²) in [6, 6.07) is 7.08. The molecule has 7 nitrogen and oxygen atoms in total. The van der Waals surface area contributed by atoms with Crippen molar-refractivity contribution in [3.8, 4) is 17.6 Å². The van der Waals surface area contributed by atoms with Crippen molar-refractivity contribution in [2.24, 2.45) is 11.0 Å². The number of rotatable bonds is 5. The number of hydrogen-bond donors (Lipinski definition) is 2. The predicted molar refractivity (Wildman–Crippen MR) is 69.8 cm³/mol. The lowest BCUT2D eigenvalue weighted by Crippen LogP contribution is -2.34. The van der Waals surface area contributed by atoms with E-state index in [1.165, 1.54) is 0 Å². The van der Waals surface area contributed by atoms with Gasteiger partial charge in [0.25, 0.3) is 5.91 Å². The Bertz CT molecular complexity index is 541. The summed E-state index contributed by atoms with van der Waals surface area (Å²) in [5.74, 6) is 10.8. The molecule has 0 bridgehead atoms. The first-order chi connectivity index (χ1) is 9.27. The van der Waals surface area contributed by atoms with Crippen LogP contribution >= 0.6 is 0 Å². The number of hydrazine groups is 1. The van der Waals surface area contributed by atoms with Crippen molar-refractivity contribution >= 4 is 5.91 Å². The van der Waals surface area contributed by atoms with E-state index in [0.29, 0.717) is 24.3 Å². The van der Waals surface area contributed by atoms with E-state index in [0.717, 1.165) is 0 Å². The number of carbonyl (C=O) groups excluding carboxylic acids is 1. The highest BCUT2D eigenvalue weighted by Crippen LogP contribution is 2.16. The number of nitrogens with zero attached hydrogens (tertiary/aromatic N) is 3. The standard InChI is InChI=1S/C12H13N5O2/c13-16-12(18)9-19-11-7-2-1-5-10(11)6-3-4-8-15-17-14/h1-2,5,7H,4,8-9,13H2,(H,16,18). The highest BCUT2D eigenvalue weighted by molar-refractivity contribution is 5.76. The number of nitrogens with two attached hydrogens (primary N) is 1. The number of nitrogens with one attached hydrogen (secondary N) is 1. The Morgan fingerprint density at radius 2 is 2.32 bits per heavy atom. The molecule has 0 aliphatic rings. The lowest BCUT2D eigenvalue weighted by molar-refractivity contribution is -0.123. The minimum absolute atomic E-state index is 0.173. The molecule has 0 saturated heterocycles. The highest BCUT2D eigenvalue weighted by Gasteiger charge is 2.03. The minimum atomic E-state index is -0.425. The maximum atomic E-state index is 11.0. The van der Waals surface area contributed by atoms with Crippen molar-refractivity contribution in [2.75, 3.05) is 13.2 Å². The van der Waals surface area contributed by atoms with Gasteiger partial charge in [0, 0.05) is 17.9 Å². The Hall–Kier alpha value is -2.68. The Balaban J connectivity index is 2.66. The molecule has 3 N–H and O–H groups in total. The zero-order valence-corrected chi connectivity index (χ0v) is 10.2. The van der Waals surface area contributed by atoms with E-state index in [2.05, 4.69) is 21.9 Å². The summed E-state index contributed by atoms with van der Waals surface area (Å²) in [4.78, 5) is 13.6. The number of carbonyl (C=O) groups is 1. The topological polar surface area (TPSA) is 113 Å². The fraction of sp³-hybridized carbons (Fsp3) is 0.250. The van der Waals surface area contributed by atoms with Crippen LogP contribution in [0.25, 0.3) is 10.4 Å². The molecule has 98 valence electrons. The molecule has 1 aromatic carbocycles. The first kappa shape index (κ1) is 14.4. The van der Waals surface area contributed by atoms with Crippen LogP contribution in [-0.2, 0) is 4.79 Å². The Morgan fingerprint density at radius 3 is 3.05 bits per heavy atom. The van der Waals surface area contributed by atoms with Crippen molar-refractivity contribution < 1.29 is 9.53 Å². The molecule has 1 rings (SSSR count). The van der Waals surface area contributed by atoms with Gasteiger partial charge in [0.1, 0.15) is 5.75 Å². The van der Waals surface area contributed by atoms with Gasteiger partial charge in [0.2, 0.25) is 0 Å². The van der Waals surface area contributed by atoms with Gasteiger partial charge < -0.3 is 4.74 Å². The largest absolute Gasteiger partial charge is 0.482 e. The molecular formula is C12H13N5O2. The van der Waals surface area contributed by atoms with Crippen molar-refractivity contribution in [2.45, 2.75) is 6.42 Å². The molecule has 0 aliphatic carbocycles. The summed E-state index contributed by atoms with van der Waals surface area (Å²) in [5.41, 5.74) is 10.7. The maximum Gasteiger partial charge on any atom is 0.271 e. The molecule has 1 aromatic rings. The van der Waals surface area contributed by atoms with E-state index in [1.54, 1.807) is 18.2 Å². The van der Waals surface area contributed by atoms with E-state index >= 15 is 0 Å². The van der Waals surface area contributed by atoms with Crippen molar-refractivity contribution in [1.29, 1.82) is 0 Å². The molecule has 19 heavy (non-hydrogen) atoms. The van der Waals surface area contributed by atoms with Gasteiger partial charge in [-0.2, -0.15) is 0 Å². The van der Waals surface area contributed by atoms with Gasteiger partial charge in [0.15, 0.2) is 6.61 Å². The maximum absolute atomic E-state index is 11.0. The van der Waals surface area contributed by atoms with Gasteiger partial charge in [-0.1, -0.05) is 29.1 Å². The average molecular weight is 259 g/mol. The third-order valence-electron chi connectivity index (χ3n) is 2.03. The van der Waals surface area contributed by atoms with Crippen LogP contribution in [0.2, 0.25) is 0 Å². The quantitative estimate of drug-likeness (QED) is 0.121. The van der Waals surface area contributed by atoms with Crippen LogP contribution in [0.15, 0.2) is 29.4 Å². The third kappa shape index (κ3) is 5.46. The molecule has 1 amide bonds. The van der Waals surface area contributed by atoms with E-state index in [1.807, 2.05) is 11.5 Å². The smallest absolute Gasteiger partial charge is 0.271 e. The molecule has 0 unspecified atom stereocenters. The van der Waals surface area contributed by atoms with Crippen molar-refractivity contribution in [1.82, 2.24) is 5.43 Å². The summed E-state index contributed by atoms with van der Waals surface area (Å²) in [6.45, 7) is 0.149. The van der Waals surface area contributed by atoms with Gasteiger partial charge in [0.05, 0.1) is 5.56 Å². The summed E-state index contributed by atoms with van der Waals surface area (Å²) in [5, 5.41) is 3.38. The third-order valence-corrected chi connectivity index (χ3v) is 2.03. The minimum Gasteiger partial charge on any atom is -0.482 e. The highest BCUT2D eigenvalue weighted by atomic mass is 16.5.